The van der Waals surface area contributed by atoms with Gasteiger partial charge in [0.2, 0.25) is 0 Å². The van der Waals surface area contributed by atoms with Crippen LogP contribution in [0.3, 0.4) is 0 Å². The molecule has 10 nitrogen and oxygen atoms in total. The Bertz CT molecular complexity index is 1060. The number of ether oxygens (including phenoxy) is 2. The van der Waals surface area contributed by atoms with Crippen molar-refractivity contribution < 1.29 is 32.4 Å². The van der Waals surface area contributed by atoms with Gasteiger partial charge in [0, 0.05) is 12.1 Å². The van der Waals surface area contributed by atoms with Gasteiger partial charge in [0.05, 0.1) is 34.8 Å². The molecule has 0 unspecified atom stereocenters. The second-order valence-corrected chi connectivity index (χ2v) is 7.89. The Kier molecular flexibility index (Phi) is 7.11. The molecule has 0 saturated carbocycles. The summed E-state index contributed by atoms with van der Waals surface area (Å²) in [7, 11) is -3.17. The molecule has 0 amide bonds. The van der Waals surface area contributed by atoms with Gasteiger partial charge in [-0.3, -0.25) is 19.2 Å². The molecule has 2 rings (SSSR count). The van der Waals surface area contributed by atoms with Crippen LogP contribution in [-0.4, -0.2) is 45.5 Å². The average Bonchev–Trinajstić information content (AvgIpc) is 2.71. The minimum Gasteiger partial charge on any atom is -0.465 e. The molecule has 160 valence electrons. The zero-order chi connectivity index (χ0) is 22.5. The van der Waals surface area contributed by atoms with Crippen LogP contribution in [0.15, 0.2) is 47.4 Å². The Labute approximate surface area is 173 Å². The number of hydrogen-bond donors (Lipinski definition) is 0. The molecular formula is C19H20N2O8S. The highest BCUT2D eigenvalue weighted by Gasteiger charge is 2.30. The fourth-order valence-corrected chi connectivity index (χ4v) is 4.28. The fraction of sp³-hybridized carbons (Fsp3) is 0.263. The number of carbonyl (C=O) groups is 2. The summed E-state index contributed by atoms with van der Waals surface area (Å²) in [5.74, 6) is -1.42. The number of nitro benzene ring substituents is 1. The van der Waals surface area contributed by atoms with Crippen LogP contribution in [0.1, 0.15) is 22.8 Å². The van der Waals surface area contributed by atoms with Crippen molar-refractivity contribution >= 4 is 33.3 Å². The van der Waals surface area contributed by atoms with Gasteiger partial charge in [-0.25, -0.2) is 13.2 Å². The molecule has 0 atom stereocenters. The van der Waals surface area contributed by atoms with Crippen LogP contribution in [0.25, 0.3) is 0 Å². The third kappa shape index (κ3) is 4.92. The first-order chi connectivity index (χ1) is 14.1. The van der Waals surface area contributed by atoms with E-state index in [9.17, 15) is 28.1 Å². The summed E-state index contributed by atoms with van der Waals surface area (Å²) in [6.45, 7) is 2.45. The topological polar surface area (TPSA) is 133 Å². The number of aryl methyl sites for hydroxylation is 1. The predicted octanol–water partition coefficient (Wildman–Crippen LogP) is 2.45. The number of non-ortho nitro benzene ring substituents is 1. The lowest BCUT2D eigenvalue weighted by Crippen LogP contribution is -2.37. The van der Waals surface area contributed by atoms with Gasteiger partial charge in [-0.2, -0.15) is 0 Å². The molecule has 0 N–H and O–H groups in total. The van der Waals surface area contributed by atoms with Gasteiger partial charge in [0.1, 0.15) is 6.54 Å². The van der Waals surface area contributed by atoms with E-state index >= 15 is 0 Å². The van der Waals surface area contributed by atoms with Crippen molar-refractivity contribution in [3.8, 4) is 0 Å². The summed E-state index contributed by atoms with van der Waals surface area (Å²) in [5, 5.41) is 11.1. The first kappa shape index (κ1) is 22.8. The highest BCUT2D eigenvalue weighted by atomic mass is 32.2. The normalized spacial score (nSPS) is 10.9. The number of methoxy groups -OCH3 is 1. The van der Waals surface area contributed by atoms with Crippen LogP contribution in [0.5, 0.6) is 0 Å². The van der Waals surface area contributed by atoms with E-state index in [0.717, 1.165) is 10.4 Å². The molecule has 0 aliphatic rings. The Morgan fingerprint density at radius 2 is 1.77 bits per heavy atom. The number of hydrogen-bond acceptors (Lipinski definition) is 8. The van der Waals surface area contributed by atoms with Gasteiger partial charge >= 0.3 is 11.9 Å². The van der Waals surface area contributed by atoms with Gasteiger partial charge in [-0.05, 0) is 43.7 Å². The van der Waals surface area contributed by atoms with Crippen molar-refractivity contribution in [1.82, 2.24) is 0 Å². The quantitative estimate of drug-likeness (QED) is 0.350. The Hall–Kier alpha value is -3.47. The zero-order valence-electron chi connectivity index (χ0n) is 16.5. The number of carbonyl (C=O) groups excluding carboxylic acids is 2. The van der Waals surface area contributed by atoms with Crippen LogP contribution in [0.2, 0.25) is 0 Å². The largest absolute Gasteiger partial charge is 0.465 e. The van der Waals surface area contributed by atoms with Gasteiger partial charge in [-0.15, -0.1) is 0 Å². The van der Waals surface area contributed by atoms with Crippen molar-refractivity contribution in [3.63, 3.8) is 0 Å². The molecule has 2 aromatic rings. The maximum absolute atomic E-state index is 13.3. The molecule has 0 aliphatic heterocycles. The number of sulfonamides is 1. The highest BCUT2D eigenvalue weighted by Crippen LogP contribution is 2.29. The Balaban J connectivity index is 2.59. The molecule has 2 aromatic carbocycles. The Morgan fingerprint density at radius 1 is 1.13 bits per heavy atom. The van der Waals surface area contributed by atoms with Crippen molar-refractivity contribution in [2.75, 3.05) is 24.6 Å². The fourth-order valence-electron chi connectivity index (χ4n) is 2.62. The van der Waals surface area contributed by atoms with Crippen LogP contribution < -0.4 is 4.31 Å². The first-order valence-corrected chi connectivity index (χ1v) is 10.2. The molecule has 0 heterocycles. The molecular weight excluding hydrogens is 416 g/mol. The van der Waals surface area contributed by atoms with Crippen LogP contribution >= 0.6 is 0 Å². The molecule has 0 bridgehead atoms. The van der Waals surface area contributed by atoms with E-state index in [1.165, 1.54) is 50.4 Å². The monoisotopic (exact) mass is 436 g/mol. The van der Waals surface area contributed by atoms with Gasteiger partial charge in [0.15, 0.2) is 0 Å². The van der Waals surface area contributed by atoms with E-state index in [-0.39, 0.29) is 28.3 Å². The zero-order valence-corrected chi connectivity index (χ0v) is 17.3. The van der Waals surface area contributed by atoms with Gasteiger partial charge in [0.25, 0.3) is 15.7 Å². The smallest absolute Gasteiger partial charge is 0.337 e. The number of anilines is 1. The molecule has 0 spiro atoms. The lowest BCUT2D eigenvalue weighted by molar-refractivity contribution is -0.385. The SMILES string of the molecule is CCOC(=O)CN(c1ccc(C(=O)OC)cc1)S(=O)(=O)c1cc([N+](=O)[O-])ccc1C. The predicted molar refractivity (Wildman–Crippen MR) is 107 cm³/mol. The van der Waals surface area contributed by atoms with Crippen LogP contribution in [-0.2, 0) is 24.3 Å². The average molecular weight is 436 g/mol. The summed E-state index contributed by atoms with van der Waals surface area (Å²) in [4.78, 5) is 33.8. The van der Waals surface area contributed by atoms with E-state index in [1.54, 1.807) is 6.92 Å². The lowest BCUT2D eigenvalue weighted by atomic mass is 10.2. The van der Waals surface area contributed by atoms with E-state index in [1.807, 2.05) is 0 Å². The minimum atomic E-state index is -4.38. The van der Waals surface area contributed by atoms with E-state index < -0.39 is 39.1 Å². The maximum atomic E-state index is 13.3. The second-order valence-electron chi connectivity index (χ2n) is 6.06. The van der Waals surface area contributed by atoms with Crippen LogP contribution in [0.4, 0.5) is 11.4 Å². The number of benzene rings is 2. The van der Waals surface area contributed by atoms with Gasteiger partial charge < -0.3 is 9.47 Å². The first-order valence-electron chi connectivity index (χ1n) is 8.73. The minimum absolute atomic E-state index is 0.0455. The van der Waals surface area contributed by atoms with E-state index in [2.05, 4.69) is 4.74 Å². The summed E-state index contributed by atoms with van der Waals surface area (Å²) in [6, 6.07) is 8.78. The van der Waals surface area contributed by atoms with Crippen molar-refractivity contribution in [2.45, 2.75) is 18.7 Å². The standard InChI is InChI=1S/C19H20N2O8S/c1-4-29-18(22)12-20(15-9-6-14(7-10-15)19(23)28-3)30(26,27)17-11-16(21(24)25)8-5-13(17)2/h5-11H,4,12H2,1-3H3. The summed E-state index contributed by atoms with van der Waals surface area (Å²) in [5.41, 5.74) is 0.111. The van der Waals surface area contributed by atoms with E-state index in [4.69, 9.17) is 4.74 Å². The molecule has 0 saturated heterocycles. The molecule has 0 radical (unpaired) electrons. The van der Waals surface area contributed by atoms with Crippen molar-refractivity contribution in [1.29, 1.82) is 0 Å². The number of nitrogens with zero attached hydrogens (tertiary/aromatic N) is 2. The molecule has 11 heteroatoms. The third-order valence-electron chi connectivity index (χ3n) is 4.11. The highest BCUT2D eigenvalue weighted by molar-refractivity contribution is 7.93. The third-order valence-corrected chi connectivity index (χ3v) is 6.02. The molecule has 0 aromatic heterocycles. The number of nitro groups is 1. The second kappa shape index (κ2) is 9.35. The summed E-state index contributed by atoms with van der Waals surface area (Å²) >= 11 is 0. The molecule has 0 fully saturated rings. The van der Waals surface area contributed by atoms with Crippen molar-refractivity contribution in [2.24, 2.45) is 0 Å². The van der Waals surface area contributed by atoms with E-state index in [0.29, 0.717) is 0 Å². The molecule has 30 heavy (non-hydrogen) atoms. The van der Waals surface area contributed by atoms with Crippen LogP contribution in [0, 0.1) is 17.0 Å². The lowest BCUT2D eigenvalue weighted by Gasteiger charge is -2.24. The number of rotatable bonds is 8. The number of esters is 2. The van der Waals surface area contributed by atoms with Crippen molar-refractivity contribution in [3.05, 3.63) is 63.7 Å². The van der Waals surface area contributed by atoms with Gasteiger partial charge in [-0.1, -0.05) is 6.07 Å². The maximum Gasteiger partial charge on any atom is 0.337 e. The molecule has 0 aliphatic carbocycles. The summed E-state index contributed by atoms with van der Waals surface area (Å²) < 4.78 is 37.0. The Morgan fingerprint density at radius 3 is 2.30 bits per heavy atom. The summed E-state index contributed by atoms with van der Waals surface area (Å²) in [6.07, 6.45) is 0.